The minimum absolute atomic E-state index is 0.444. The fourth-order valence-corrected chi connectivity index (χ4v) is 3.31. The molecule has 2 rings (SSSR count). The van der Waals surface area contributed by atoms with Crippen molar-refractivity contribution in [2.24, 2.45) is 11.3 Å². The van der Waals surface area contributed by atoms with Crippen molar-refractivity contribution in [3.63, 3.8) is 0 Å². The Balaban J connectivity index is 1.98. The van der Waals surface area contributed by atoms with Crippen LogP contribution in [-0.4, -0.2) is 29.5 Å². The maximum atomic E-state index is 4.47. The summed E-state index contributed by atoms with van der Waals surface area (Å²) in [5.74, 6) is 1.90. The quantitative estimate of drug-likeness (QED) is 0.902. The molecular weight excluding hydrogens is 258 g/mol. The van der Waals surface area contributed by atoms with Gasteiger partial charge in [0.2, 0.25) is 0 Å². The van der Waals surface area contributed by atoms with Crippen LogP contribution in [0.15, 0.2) is 18.3 Å². The summed E-state index contributed by atoms with van der Waals surface area (Å²) in [4.78, 5) is 7.07. The monoisotopic (exact) mass is 289 g/mol. The van der Waals surface area contributed by atoms with Crippen LogP contribution in [0.25, 0.3) is 0 Å². The first-order valence-electron chi connectivity index (χ1n) is 8.41. The molecule has 1 aliphatic heterocycles. The highest BCUT2D eigenvalue weighted by molar-refractivity contribution is 5.43. The number of pyridine rings is 1. The van der Waals surface area contributed by atoms with E-state index in [0.717, 1.165) is 24.8 Å². The Hall–Kier alpha value is -1.09. The molecule has 3 heteroatoms. The van der Waals surface area contributed by atoms with Crippen LogP contribution in [0.4, 0.5) is 5.82 Å². The molecule has 0 bridgehead atoms. The van der Waals surface area contributed by atoms with E-state index in [9.17, 15) is 0 Å². The maximum Gasteiger partial charge on any atom is 0.130 e. The maximum absolute atomic E-state index is 4.47. The van der Waals surface area contributed by atoms with Gasteiger partial charge in [0.05, 0.1) is 0 Å². The number of rotatable bonds is 4. The molecule has 1 aliphatic rings. The Morgan fingerprint density at radius 1 is 1.29 bits per heavy atom. The number of aromatic nitrogens is 1. The lowest BCUT2D eigenvalue weighted by molar-refractivity contribution is 0.206. The van der Waals surface area contributed by atoms with Gasteiger partial charge in [0.1, 0.15) is 5.82 Å². The topological polar surface area (TPSA) is 28.2 Å². The third-order valence-corrected chi connectivity index (χ3v) is 4.67. The van der Waals surface area contributed by atoms with Gasteiger partial charge < -0.3 is 5.32 Å². The highest BCUT2D eigenvalue weighted by Crippen LogP contribution is 2.34. The van der Waals surface area contributed by atoms with E-state index in [4.69, 9.17) is 0 Å². The molecule has 0 amide bonds. The van der Waals surface area contributed by atoms with Crippen molar-refractivity contribution < 1.29 is 0 Å². The van der Waals surface area contributed by atoms with E-state index in [1.807, 2.05) is 12.3 Å². The lowest BCUT2D eigenvalue weighted by Gasteiger charge is -2.29. The Labute approximate surface area is 130 Å². The molecule has 1 N–H and O–H groups in total. The van der Waals surface area contributed by atoms with Crippen LogP contribution in [0.5, 0.6) is 0 Å². The zero-order valence-electron chi connectivity index (χ0n) is 14.2. The summed E-state index contributed by atoms with van der Waals surface area (Å²) in [5, 5.41) is 3.38. The van der Waals surface area contributed by atoms with Gasteiger partial charge in [-0.3, -0.25) is 4.90 Å². The number of anilines is 1. The summed E-state index contributed by atoms with van der Waals surface area (Å²) >= 11 is 0. The SMILES string of the molecule is CCNc1ncccc1CN1CCCC(C(C)(C)C)CC1. The smallest absolute Gasteiger partial charge is 0.130 e. The van der Waals surface area contributed by atoms with Crippen LogP contribution in [-0.2, 0) is 6.54 Å². The summed E-state index contributed by atoms with van der Waals surface area (Å²) in [5.41, 5.74) is 1.77. The number of nitrogens with zero attached hydrogens (tertiary/aromatic N) is 2. The number of nitrogens with one attached hydrogen (secondary N) is 1. The second-order valence-electron chi connectivity index (χ2n) is 7.31. The molecule has 1 fully saturated rings. The van der Waals surface area contributed by atoms with Gasteiger partial charge in [0.15, 0.2) is 0 Å². The van der Waals surface area contributed by atoms with E-state index in [0.29, 0.717) is 5.41 Å². The zero-order chi connectivity index (χ0) is 15.3. The molecule has 1 unspecified atom stereocenters. The summed E-state index contributed by atoms with van der Waals surface area (Å²) in [6.07, 6.45) is 5.88. The van der Waals surface area contributed by atoms with Crippen molar-refractivity contribution in [2.75, 3.05) is 25.0 Å². The first-order chi connectivity index (χ1) is 10.0. The molecule has 0 radical (unpaired) electrons. The summed E-state index contributed by atoms with van der Waals surface area (Å²) < 4.78 is 0. The molecule has 1 atom stereocenters. The van der Waals surface area contributed by atoms with Gasteiger partial charge in [-0.1, -0.05) is 26.8 Å². The molecule has 0 spiro atoms. The third-order valence-electron chi connectivity index (χ3n) is 4.67. The molecule has 3 nitrogen and oxygen atoms in total. The van der Waals surface area contributed by atoms with Crippen LogP contribution in [0.3, 0.4) is 0 Å². The first-order valence-corrected chi connectivity index (χ1v) is 8.41. The largest absolute Gasteiger partial charge is 0.370 e. The minimum atomic E-state index is 0.444. The van der Waals surface area contributed by atoms with Crippen molar-refractivity contribution >= 4 is 5.82 Å². The zero-order valence-corrected chi connectivity index (χ0v) is 14.2. The predicted octanol–water partition coefficient (Wildman–Crippen LogP) is 4.16. The van der Waals surface area contributed by atoms with Crippen molar-refractivity contribution in [1.29, 1.82) is 0 Å². The Morgan fingerprint density at radius 2 is 2.10 bits per heavy atom. The molecule has 0 aliphatic carbocycles. The van der Waals surface area contributed by atoms with Crippen LogP contribution in [0.2, 0.25) is 0 Å². The average Bonchev–Trinajstić information content (AvgIpc) is 2.66. The summed E-state index contributed by atoms with van der Waals surface area (Å²) in [7, 11) is 0. The Morgan fingerprint density at radius 3 is 2.81 bits per heavy atom. The van der Waals surface area contributed by atoms with Gasteiger partial charge in [-0.05, 0) is 56.7 Å². The highest BCUT2D eigenvalue weighted by Gasteiger charge is 2.27. The fraction of sp³-hybridized carbons (Fsp3) is 0.722. The predicted molar refractivity (Wildman–Crippen MR) is 90.5 cm³/mol. The molecule has 0 saturated carbocycles. The Kier molecular flexibility index (Phi) is 5.63. The summed E-state index contributed by atoms with van der Waals surface area (Å²) in [6, 6.07) is 4.25. The van der Waals surface area contributed by atoms with Crippen molar-refractivity contribution in [2.45, 2.75) is 53.5 Å². The minimum Gasteiger partial charge on any atom is -0.370 e. The second-order valence-corrected chi connectivity index (χ2v) is 7.31. The van der Waals surface area contributed by atoms with Crippen LogP contribution in [0, 0.1) is 11.3 Å². The highest BCUT2D eigenvalue weighted by atomic mass is 15.1. The molecule has 118 valence electrons. The van der Waals surface area contributed by atoms with E-state index < -0.39 is 0 Å². The van der Waals surface area contributed by atoms with Crippen LogP contribution in [0.1, 0.15) is 52.5 Å². The molecule has 21 heavy (non-hydrogen) atoms. The number of likely N-dealkylation sites (tertiary alicyclic amines) is 1. The normalized spacial score (nSPS) is 21.0. The molecule has 2 heterocycles. The van der Waals surface area contributed by atoms with E-state index >= 15 is 0 Å². The fourth-order valence-electron chi connectivity index (χ4n) is 3.31. The van der Waals surface area contributed by atoms with Crippen molar-refractivity contribution in [3.8, 4) is 0 Å². The van der Waals surface area contributed by atoms with E-state index in [-0.39, 0.29) is 0 Å². The van der Waals surface area contributed by atoms with E-state index in [2.05, 4.69) is 49.0 Å². The van der Waals surface area contributed by atoms with Crippen LogP contribution < -0.4 is 5.32 Å². The standard InChI is InChI=1S/C18H31N3/c1-5-19-17-15(8-6-11-20-17)14-21-12-7-9-16(10-13-21)18(2,3)4/h6,8,11,16H,5,7,9-10,12-14H2,1-4H3,(H,19,20). The lowest BCUT2D eigenvalue weighted by Crippen LogP contribution is -2.26. The number of hydrogen-bond donors (Lipinski definition) is 1. The molecule has 1 aromatic heterocycles. The van der Waals surface area contributed by atoms with Crippen molar-refractivity contribution in [3.05, 3.63) is 23.9 Å². The molecule has 1 aromatic rings. The van der Waals surface area contributed by atoms with E-state index in [1.54, 1.807) is 0 Å². The van der Waals surface area contributed by atoms with Gasteiger partial charge in [0.25, 0.3) is 0 Å². The lowest BCUT2D eigenvalue weighted by atomic mass is 9.77. The van der Waals surface area contributed by atoms with Crippen LogP contribution >= 0.6 is 0 Å². The van der Waals surface area contributed by atoms with Gasteiger partial charge >= 0.3 is 0 Å². The van der Waals surface area contributed by atoms with E-state index in [1.165, 1.54) is 37.9 Å². The average molecular weight is 289 g/mol. The van der Waals surface area contributed by atoms with Gasteiger partial charge in [-0.2, -0.15) is 0 Å². The number of hydrogen-bond acceptors (Lipinski definition) is 3. The summed E-state index contributed by atoms with van der Waals surface area (Å²) in [6.45, 7) is 13.7. The van der Waals surface area contributed by atoms with Gasteiger partial charge in [-0.25, -0.2) is 4.98 Å². The molecule has 1 saturated heterocycles. The van der Waals surface area contributed by atoms with Gasteiger partial charge in [-0.15, -0.1) is 0 Å². The first kappa shape index (κ1) is 16.3. The molecule has 0 aromatic carbocycles. The second kappa shape index (κ2) is 7.26. The Bertz CT molecular complexity index is 436. The molecular formula is C18H31N3. The third kappa shape index (κ3) is 4.70. The van der Waals surface area contributed by atoms with Crippen molar-refractivity contribution in [1.82, 2.24) is 9.88 Å². The van der Waals surface area contributed by atoms with Gasteiger partial charge in [0, 0.05) is 24.8 Å².